The van der Waals surface area contributed by atoms with Crippen molar-refractivity contribution in [3.05, 3.63) is 58.7 Å². The standard InChI is InChI=1S/C13H10ClNO2/c14-12-7-6-11(8-16)13(15-12)17-9-10-4-2-1-3-5-10/h1-8H,9H2. The van der Waals surface area contributed by atoms with Gasteiger partial charge < -0.3 is 4.74 Å². The van der Waals surface area contributed by atoms with E-state index in [1.54, 1.807) is 12.1 Å². The van der Waals surface area contributed by atoms with E-state index < -0.39 is 0 Å². The number of nitrogens with zero attached hydrogens (tertiary/aromatic N) is 1. The fourth-order valence-corrected chi connectivity index (χ4v) is 1.50. The number of ether oxygens (including phenoxy) is 1. The monoisotopic (exact) mass is 247 g/mol. The second-order valence-corrected chi connectivity index (χ2v) is 3.81. The Kier molecular flexibility index (Phi) is 3.73. The molecule has 0 bridgehead atoms. The van der Waals surface area contributed by atoms with E-state index >= 15 is 0 Å². The Bertz CT molecular complexity index is 514. The Balaban J connectivity index is 2.13. The highest BCUT2D eigenvalue weighted by molar-refractivity contribution is 6.29. The maximum atomic E-state index is 10.8. The molecule has 1 aromatic heterocycles. The van der Waals surface area contributed by atoms with Crippen LogP contribution in [0.4, 0.5) is 0 Å². The molecule has 86 valence electrons. The molecule has 0 aliphatic carbocycles. The van der Waals surface area contributed by atoms with Crippen LogP contribution < -0.4 is 4.74 Å². The van der Waals surface area contributed by atoms with E-state index in [2.05, 4.69) is 4.98 Å². The maximum Gasteiger partial charge on any atom is 0.225 e. The molecule has 1 heterocycles. The van der Waals surface area contributed by atoms with Gasteiger partial charge in [-0.2, -0.15) is 0 Å². The van der Waals surface area contributed by atoms with Gasteiger partial charge in [-0.05, 0) is 17.7 Å². The molecule has 4 heteroatoms. The fourth-order valence-electron chi connectivity index (χ4n) is 1.36. The molecule has 0 fully saturated rings. The molecule has 0 unspecified atom stereocenters. The van der Waals surface area contributed by atoms with Crippen molar-refractivity contribution in [2.75, 3.05) is 0 Å². The first-order chi connectivity index (χ1) is 8.29. The van der Waals surface area contributed by atoms with Crippen molar-refractivity contribution in [2.45, 2.75) is 6.61 Å². The van der Waals surface area contributed by atoms with Crippen LogP contribution in [0, 0.1) is 0 Å². The van der Waals surface area contributed by atoms with Gasteiger partial charge in [0, 0.05) is 0 Å². The lowest BCUT2D eigenvalue weighted by Gasteiger charge is -2.07. The van der Waals surface area contributed by atoms with Gasteiger partial charge in [-0.15, -0.1) is 0 Å². The van der Waals surface area contributed by atoms with Gasteiger partial charge in [0.25, 0.3) is 0 Å². The highest BCUT2D eigenvalue weighted by Crippen LogP contribution is 2.18. The largest absolute Gasteiger partial charge is 0.472 e. The molecule has 0 N–H and O–H groups in total. The summed E-state index contributed by atoms with van der Waals surface area (Å²) in [5, 5.41) is 0.304. The Hall–Kier alpha value is -1.87. The molecule has 17 heavy (non-hydrogen) atoms. The minimum atomic E-state index is 0.261. The van der Waals surface area contributed by atoms with Gasteiger partial charge in [-0.1, -0.05) is 41.9 Å². The van der Waals surface area contributed by atoms with Crippen LogP contribution in [-0.4, -0.2) is 11.3 Å². The number of rotatable bonds is 4. The molecule has 0 amide bonds. The third-order valence-corrected chi connectivity index (χ3v) is 2.41. The van der Waals surface area contributed by atoms with Gasteiger partial charge in [-0.3, -0.25) is 4.79 Å². The van der Waals surface area contributed by atoms with Crippen molar-refractivity contribution in [1.29, 1.82) is 0 Å². The number of halogens is 1. The van der Waals surface area contributed by atoms with Crippen LogP contribution in [0.1, 0.15) is 15.9 Å². The number of carbonyl (C=O) groups is 1. The molecule has 0 spiro atoms. The Morgan fingerprint density at radius 3 is 2.65 bits per heavy atom. The summed E-state index contributed by atoms with van der Waals surface area (Å²) < 4.78 is 5.47. The third-order valence-electron chi connectivity index (χ3n) is 2.20. The fraction of sp³-hybridized carbons (Fsp3) is 0.0769. The Morgan fingerprint density at radius 2 is 1.94 bits per heavy atom. The number of aromatic nitrogens is 1. The molecule has 2 aromatic rings. The van der Waals surface area contributed by atoms with Crippen LogP contribution in [0.3, 0.4) is 0 Å². The second-order valence-electron chi connectivity index (χ2n) is 3.42. The molecule has 3 nitrogen and oxygen atoms in total. The highest BCUT2D eigenvalue weighted by Gasteiger charge is 2.05. The van der Waals surface area contributed by atoms with Crippen LogP contribution in [-0.2, 0) is 6.61 Å². The third kappa shape index (κ3) is 3.04. The SMILES string of the molecule is O=Cc1ccc(Cl)nc1OCc1ccccc1. The van der Waals surface area contributed by atoms with E-state index in [9.17, 15) is 4.79 Å². The van der Waals surface area contributed by atoms with Gasteiger partial charge in [0.1, 0.15) is 11.8 Å². The van der Waals surface area contributed by atoms with Gasteiger partial charge >= 0.3 is 0 Å². The predicted octanol–water partition coefficient (Wildman–Crippen LogP) is 3.13. The van der Waals surface area contributed by atoms with Crippen LogP contribution >= 0.6 is 11.6 Å². The zero-order valence-electron chi connectivity index (χ0n) is 8.97. The summed E-state index contributed by atoms with van der Waals surface area (Å²) in [5.74, 6) is 0.261. The second kappa shape index (κ2) is 5.46. The predicted molar refractivity (Wildman–Crippen MR) is 65.4 cm³/mol. The normalized spacial score (nSPS) is 9.94. The average molecular weight is 248 g/mol. The van der Waals surface area contributed by atoms with E-state index in [4.69, 9.17) is 16.3 Å². The Morgan fingerprint density at radius 1 is 1.18 bits per heavy atom. The summed E-state index contributed by atoms with van der Waals surface area (Å²) in [6, 6.07) is 12.8. The van der Waals surface area contributed by atoms with Crippen LogP contribution in [0.2, 0.25) is 5.15 Å². The van der Waals surface area contributed by atoms with Crippen LogP contribution in [0.5, 0.6) is 5.88 Å². The van der Waals surface area contributed by atoms with Crippen molar-refractivity contribution in [1.82, 2.24) is 4.98 Å². The number of aldehydes is 1. The maximum absolute atomic E-state index is 10.8. The molecule has 1 aromatic carbocycles. The zero-order chi connectivity index (χ0) is 12.1. The lowest BCUT2D eigenvalue weighted by molar-refractivity contribution is 0.111. The molecular formula is C13H10ClNO2. The van der Waals surface area contributed by atoms with Crippen molar-refractivity contribution in [3.8, 4) is 5.88 Å². The molecule has 0 radical (unpaired) electrons. The van der Waals surface area contributed by atoms with Crippen molar-refractivity contribution < 1.29 is 9.53 Å². The first kappa shape index (κ1) is 11.6. The number of carbonyl (C=O) groups excluding carboxylic acids is 1. The topological polar surface area (TPSA) is 39.2 Å². The number of hydrogen-bond acceptors (Lipinski definition) is 3. The first-order valence-corrected chi connectivity index (χ1v) is 5.46. The summed E-state index contributed by atoms with van der Waals surface area (Å²) in [6.45, 7) is 0.356. The summed E-state index contributed by atoms with van der Waals surface area (Å²) in [5.41, 5.74) is 1.40. The zero-order valence-corrected chi connectivity index (χ0v) is 9.72. The molecule has 0 saturated heterocycles. The number of benzene rings is 1. The highest BCUT2D eigenvalue weighted by atomic mass is 35.5. The van der Waals surface area contributed by atoms with E-state index in [1.807, 2.05) is 30.3 Å². The minimum absolute atomic E-state index is 0.261. The summed E-state index contributed by atoms with van der Waals surface area (Å²) >= 11 is 5.75. The summed E-state index contributed by atoms with van der Waals surface area (Å²) in [6.07, 6.45) is 0.698. The van der Waals surface area contributed by atoms with Gasteiger partial charge in [0.15, 0.2) is 6.29 Å². The summed E-state index contributed by atoms with van der Waals surface area (Å²) in [7, 11) is 0. The van der Waals surface area contributed by atoms with Crippen LogP contribution in [0.25, 0.3) is 0 Å². The minimum Gasteiger partial charge on any atom is -0.472 e. The average Bonchev–Trinajstić information content (AvgIpc) is 2.38. The van der Waals surface area contributed by atoms with Crippen LogP contribution in [0.15, 0.2) is 42.5 Å². The van der Waals surface area contributed by atoms with Crippen molar-refractivity contribution in [2.24, 2.45) is 0 Å². The molecular weight excluding hydrogens is 238 g/mol. The molecule has 0 aliphatic rings. The first-order valence-electron chi connectivity index (χ1n) is 5.08. The van der Waals surface area contributed by atoms with Gasteiger partial charge in [0.2, 0.25) is 5.88 Å². The Labute approximate surface area is 104 Å². The van der Waals surface area contributed by atoms with E-state index in [0.29, 0.717) is 23.6 Å². The smallest absolute Gasteiger partial charge is 0.225 e. The van der Waals surface area contributed by atoms with E-state index in [0.717, 1.165) is 5.56 Å². The lowest BCUT2D eigenvalue weighted by atomic mass is 10.2. The van der Waals surface area contributed by atoms with Crippen molar-refractivity contribution in [3.63, 3.8) is 0 Å². The van der Waals surface area contributed by atoms with Crippen molar-refractivity contribution >= 4 is 17.9 Å². The summed E-state index contributed by atoms with van der Waals surface area (Å²) in [4.78, 5) is 14.8. The number of hydrogen-bond donors (Lipinski definition) is 0. The molecule has 0 atom stereocenters. The molecule has 0 saturated carbocycles. The molecule has 2 rings (SSSR count). The van der Waals surface area contributed by atoms with E-state index in [1.165, 1.54) is 0 Å². The quantitative estimate of drug-likeness (QED) is 0.616. The van der Waals surface area contributed by atoms with Gasteiger partial charge in [-0.25, -0.2) is 4.98 Å². The van der Waals surface area contributed by atoms with Gasteiger partial charge in [0.05, 0.1) is 5.56 Å². The van der Waals surface area contributed by atoms with E-state index in [-0.39, 0.29) is 5.88 Å². The number of pyridine rings is 1. The molecule has 0 aliphatic heterocycles. The lowest BCUT2D eigenvalue weighted by Crippen LogP contribution is -2.00.